The zero-order chi connectivity index (χ0) is 28.3. The molecule has 0 aliphatic carbocycles. The molecule has 3 aromatic carbocycles. The molecule has 0 aliphatic rings. The van der Waals surface area contributed by atoms with Crippen molar-refractivity contribution in [3.63, 3.8) is 0 Å². The van der Waals surface area contributed by atoms with Crippen LogP contribution in [0, 0.1) is 0 Å². The lowest BCUT2D eigenvalue weighted by atomic mass is 9.96. The number of fused-ring (bicyclic) bond motifs is 1. The number of nitrogens with one attached hydrogen (secondary N) is 2. The minimum Gasteiger partial charge on any atom is -0.323 e. The van der Waals surface area contributed by atoms with Crippen LogP contribution in [0.4, 0.5) is 24.5 Å². The van der Waals surface area contributed by atoms with E-state index in [9.17, 15) is 22.8 Å². The first-order valence-electron chi connectivity index (χ1n) is 11.9. The molecule has 0 bridgehead atoms. The maximum Gasteiger partial charge on any atom is 0.416 e. The Bertz CT molecular complexity index is 1750. The second-order valence-electron chi connectivity index (χ2n) is 8.72. The van der Waals surface area contributed by atoms with Gasteiger partial charge in [0.1, 0.15) is 12.0 Å². The Morgan fingerprint density at radius 3 is 2.30 bits per heavy atom. The highest BCUT2D eigenvalue weighted by atomic mass is 19.4. The molecule has 40 heavy (non-hydrogen) atoms. The predicted octanol–water partition coefficient (Wildman–Crippen LogP) is 6.75. The molecule has 7 nitrogen and oxygen atoms in total. The van der Waals surface area contributed by atoms with Gasteiger partial charge < -0.3 is 10.6 Å². The van der Waals surface area contributed by atoms with Crippen molar-refractivity contribution in [2.45, 2.75) is 6.18 Å². The number of carbonyl (C=O) groups excluding carboxylic acids is 2. The van der Waals surface area contributed by atoms with E-state index < -0.39 is 17.6 Å². The van der Waals surface area contributed by atoms with Gasteiger partial charge in [-0.15, -0.1) is 0 Å². The van der Waals surface area contributed by atoms with E-state index >= 15 is 0 Å². The number of amides is 2. The number of carbonyl (C=O) groups is 2. The van der Waals surface area contributed by atoms with Crippen molar-refractivity contribution < 1.29 is 22.8 Å². The van der Waals surface area contributed by atoms with Crippen LogP contribution >= 0.6 is 0 Å². The molecule has 5 aromatic rings. The second kappa shape index (κ2) is 10.8. The third-order valence-corrected chi connectivity index (χ3v) is 6.01. The maximum absolute atomic E-state index is 13.0. The molecule has 0 fully saturated rings. The molecule has 0 saturated heterocycles. The zero-order valence-corrected chi connectivity index (χ0v) is 20.7. The van der Waals surface area contributed by atoms with Crippen LogP contribution in [0.25, 0.3) is 33.2 Å². The topological polar surface area (TPSA) is 96.9 Å². The highest BCUT2D eigenvalue weighted by molar-refractivity contribution is 6.03. The molecular weight excluding hydrogens is 519 g/mol. The third-order valence-electron chi connectivity index (χ3n) is 6.01. The number of pyridine rings is 1. The number of halogens is 3. The molecule has 0 aliphatic heterocycles. The van der Waals surface area contributed by atoms with Crippen molar-refractivity contribution in [3.05, 3.63) is 115 Å². The molecule has 2 aromatic heterocycles. The molecule has 0 saturated carbocycles. The van der Waals surface area contributed by atoms with E-state index in [1.807, 2.05) is 30.3 Å². The molecule has 0 spiro atoms. The fraction of sp³-hybridized carbons (Fsp3) is 0.0333. The number of anilines is 2. The number of hydrogen-bond donors (Lipinski definition) is 2. The first-order valence-corrected chi connectivity index (χ1v) is 11.9. The summed E-state index contributed by atoms with van der Waals surface area (Å²) < 4.78 is 39.0. The van der Waals surface area contributed by atoms with Crippen molar-refractivity contribution in [2.24, 2.45) is 0 Å². The van der Waals surface area contributed by atoms with E-state index in [1.54, 1.807) is 18.3 Å². The monoisotopic (exact) mass is 539 g/mol. The van der Waals surface area contributed by atoms with Gasteiger partial charge in [-0.05, 0) is 65.7 Å². The minimum atomic E-state index is -4.52. The summed E-state index contributed by atoms with van der Waals surface area (Å²) in [5, 5.41) is 5.97. The summed E-state index contributed by atoms with van der Waals surface area (Å²) in [6, 6.07) is 18.7. The summed E-state index contributed by atoms with van der Waals surface area (Å²) in [6.07, 6.45) is 1.31. The summed E-state index contributed by atoms with van der Waals surface area (Å²) in [6.45, 7) is 3.47. The quantitative estimate of drug-likeness (QED) is 0.233. The van der Waals surface area contributed by atoms with Crippen molar-refractivity contribution in [1.29, 1.82) is 0 Å². The average molecular weight is 540 g/mol. The number of nitrogens with zero attached hydrogens (tertiary/aromatic N) is 3. The Labute approximate surface area is 226 Å². The van der Waals surface area contributed by atoms with E-state index in [2.05, 4.69) is 32.2 Å². The lowest BCUT2D eigenvalue weighted by molar-refractivity contribution is -0.137. The van der Waals surface area contributed by atoms with Gasteiger partial charge in [0, 0.05) is 40.3 Å². The van der Waals surface area contributed by atoms with Gasteiger partial charge in [0.05, 0.1) is 11.1 Å². The van der Waals surface area contributed by atoms with Gasteiger partial charge in [-0.3, -0.25) is 14.6 Å². The standard InChI is InChI=1S/C30H20F3N5O2/c1-2-27(39)37-23-7-3-5-18(12-23)25-13-20(11-21-15-34-17-36-28(21)25)19-9-10-26(35-16-19)29(40)38-24-8-4-6-22(14-24)30(31,32)33/h2-17H,1H2,(H,37,39)(H,38,40). The highest BCUT2D eigenvalue weighted by Gasteiger charge is 2.30. The first-order chi connectivity index (χ1) is 19.2. The molecular formula is C30H20F3N5O2. The Morgan fingerprint density at radius 1 is 0.800 bits per heavy atom. The Balaban J connectivity index is 1.45. The van der Waals surface area contributed by atoms with Crippen molar-refractivity contribution in [3.8, 4) is 22.3 Å². The second-order valence-corrected chi connectivity index (χ2v) is 8.72. The average Bonchev–Trinajstić information content (AvgIpc) is 2.96. The summed E-state index contributed by atoms with van der Waals surface area (Å²) in [7, 11) is 0. The maximum atomic E-state index is 13.0. The van der Waals surface area contributed by atoms with Crippen molar-refractivity contribution >= 4 is 34.1 Å². The van der Waals surface area contributed by atoms with Crippen LogP contribution in [-0.2, 0) is 11.0 Å². The molecule has 5 rings (SSSR count). The largest absolute Gasteiger partial charge is 0.416 e. The van der Waals surface area contributed by atoms with Gasteiger partial charge in [0.25, 0.3) is 5.91 Å². The highest BCUT2D eigenvalue weighted by Crippen LogP contribution is 2.34. The van der Waals surface area contributed by atoms with Gasteiger partial charge in [-0.1, -0.05) is 30.8 Å². The van der Waals surface area contributed by atoms with Gasteiger partial charge >= 0.3 is 6.18 Å². The molecule has 10 heteroatoms. The molecule has 0 atom stereocenters. The number of rotatable bonds is 6. The van der Waals surface area contributed by atoms with Gasteiger partial charge in [-0.25, -0.2) is 9.97 Å². The smallest absolute Gasteiger partial charge is 0.323 e. The fourth-order valence-corrected chi connectivity index (χ4v) is 4.12. The predicted molar refractivity (Wildman–Crippen MR) is 146 cm³/mol. The van der Waals surface area contributed by atoms with Crippen LogP contribution in [0.15, 0.2) is 104 Å². The lowest BCUT2D eigenvalue weighted by Gasteiger charge is -2.12. The Kier molecular flexibility index (Phi) is 7.07. The summed E-state index contributed by atoms with van der Waals surface area (Å²) in [5.74, 6) is -0.974. The SMILES string of the molecule is C=CC(=O)Nc1cccc(-c2cc(-c3ccc(C(=O)Nc4cccc(C(F)(F)F)c4)nc3)cc3cncnc23)c1. The fourth-order valence-electron chi connectivity index (χ4n) is 4.12. The van der Waals surface area contributed by atoms with Crippen LogP contribution in [0.3, 0.4) is 0 Å². The number of alkyl halides is 3. The molecule has 2 heterocycles. The van der Waals surface area contributed by atoms with E-state index in [-0.39, 0.29) is 17.3 Å². The van der Waals surface area contributed by atoms with Crippen LogP contribution in [0.5, 0.6) is 0 Å². The summed E-state index contributed by atoms with van der Waals surface area (Å²) >= 11 is 0. The van der Waals surface area contributed by atoms with Gasteiger partial charge in [-0.2, -0.15) is 13.2 Å². The van der Waals surface area contributed by atoms with Gasteiger partial charge in [0.15, 0.2) is 0 Å². The first kappa shape index (κ1) is 26.2. The normalized spacial score (nSPS) is 11.2. The minimum absolute atomic E-state index is 0.0105. The van der Waals surface area contributed by atoms with Gasteiger partial charge in [0.2, 0.25) is 5.91 Å². The Morgan fingerprint density at radius 2 is 1.57 bits per heavy atom. The van der Waals surface area contributed by atoms with Crippen LogP contribution in [0.2, 0.25) is 0 Å². The summed E-state index contributed by atoms with van der Waals surface area (Å²) in [4.78, 5) is 37.3. The molecule has 0 radical (unpaired) electrons. The van der Waals surface area contributed by atoms with Crippen LogP contribution < -0.4 is 10.6 Å². The van der Waals surface area contributed by atoms with Crippen LogP contribution in [-0.4, -0.2) is 26.8 Å². The molecule has 0 unspecified atom stereocenters. The number of hydrogen-bond acceptors (Lipinski definition) is 5. The van der Waals surface area contributed by atoms with E-state index in [0.29, 0.717) is 16.8 Å². The molecule has 198 valence electrons. The third kappa shape index (κ3) is 5.70. The number of aromatic nitrogens is 3. The Hall–Kier alpha value is -5.38. The van der Waals surface area contributed by atoms with E-state index in [0.717, 1.165) is 34.2 Å². The van der Waals surface area contributed by atoms with Crippen molar-refractivity contribution in [2.75, 3.05) is 10.6 Å². The lowest BCUT2D eigenvalue weighted by Crippen LogP contribution is -2.14. The van der Waals surface area contributed by atoms with Crippen molar-refractivity contribution in [1.82, 2.24) is 15.0 Å². The number of benzene rings is 3. The molecule has 2 N–H and O–H groups in total. The summed E-state index contributed by atoms with van der Waals surface area (Å²) in [5.41, 5.74) is 3.54. The van der Waals surface area contributed by atoms with Crippen LogP contribution in [0.1, 0.15) is 16.1 Å². The molecule has 2 amide bonds. The van der Waals surface area contributed by atoms with E-state index in [4.69, 9.17) is 0 Å². The van der Waals surface area contributed by atoms with E-state index in [1.165, 1.54) is 36.8 Å². The zero-order valence-electron chi connectivity index (χ0n) is 20.7.